The van der Waals surface area contributed by atoms with Crippen LogP contribution in [-0.4, -0.2) is 23.3 Å². The fourth-order valence-corrected chi connectivity index (χ4v) is 3.69. The Kier molecular flexibility index (Phi) is 4.12. The number of fused-ring (bicyclic) bond motifs is 2. The first-order valence-electron chi connectivity index (χ1n) is 9.32. The van der Waals surface area contributed by atoms with Gasteiger partial charge in [0.25, 0.3) is 0 Å². The smallest absolute Gasteiger partial charge is 0.231 e. The van der Waals surface area contributed by atoms with Crippen LogP contribution in [0.5, 0.6) is 11.5 Å². The third-order valence-electron chi connectivity index (χ3n) is 5.19. The van der Waals surface area contributed by atoms with Gasteiger partial charge in [-0.15, -0.1) is 0 Å². The van der Waals surface area contributed by atoms with Crippen LogP contribution in [0.15, 0.2) is 48.8 Å². The monoisotopic (exact) mass is 375 g/mol. The molecule has 3 N–H and O–H groups in total. The zero-order valence-electron chi connectivity index (χ0n) is 15.4. The molecule has 5 rings (SSSR count). The third kappa shape index (κ3) is 3.05. The summed E-state index contributed by atoms with van der Waals surface area (Å²) in [5.74, 6) is 2.96. The van der Waals surface area contributed by atoms with Crippen molar-refractivity contribution in [3.05, 3.63) is 65.5 Å². The number of hydrogen-bond donors (Lipinski definition) is 2. The van der Waals surface area contributed by atoms with Crippen LogP contribution in [0.1, 0.15) is 16.7 Å². The molecular formula is C21H21N5O2. The Balaban J connectivity index is 1.33. The molecular weight excluding hydrogens is 354 g/mol. The highest BCUT2D eigenvalue weighted by molar-refractivity contribution is 5.75. The van der Waals surface area contributed by atoms with E-state index in [1.165, 1.54) is 11.1 Å². The highest BCUT2D eigenvalue weighted by Gasteiger charge is 2.21. The molecule has 1 aromatic heterocycles. The number of nitrogens with one attached hydrogen (secondary N) is 1. The van der Waals surface area contributed by atoms with E-state index < -0.39 is 0 Å². The first-order valence-corrected chi connectivity index (χ1v) is 9.32. The van der Waals surface area contributed by atoms with Crippen molar-refractivity contribution in [3.8, 4) is 11.5 Å². The van der Waals surface area contributed by atoms with Gasteiger partial charge in [0.05, 0.1) is 0 Å². The molecule has 0 bridgehead atoms. The zero-order valence-corrected chi connectivity index (χ0v) is 15.4. The first-order chi connectivity index (χ1) is 13.8. The highest BCUT2D eigenvalue weighted by atomic mass is 16.7. The number of hydrogen-bond acceptors (Lipinski definition) is 7. The number of nitrogens with two attached hydrogens (primary N) is 1. The molecule has 2 aliphatic rings. The van der Waals surface area contributed by atoms with Crippen LogP contribution in [0.3, 0.4) is 0 Å². The summed E-state index contributed by atoms with van der Waals surface area (Å²) < 4.78 is 10.8. The van der Waals surface area contributed by atoms with Crippen molar-refractivity contribution in [2.24, 2.45) is 0 Å². The zero-order chi connectivity index (χ0) is 18.9. The molecule has 0 radical (unpaired) electrons. The third-order valence-corrected chi connectivity index (χ3v) is 5.19. The lowest BCUT2D eigenvalue weighted by Gasteiger charge is -2.30. The van der Waals surface area contributed by atoms with Gasteiger partial charge in [-0.1, -0.05) is 30.3 Å². The lowest BCUT2D eigenvalue weighted by atomic mass is 10.00. The van der Waals surface area contributed by atoms with Gasteiger partial charge in [-0.3, -0.25) is 0 Å². The van der Waals surface area contributed by atoms with Gasteiger partial charge in [0.2, 0.25) is 6.79 Å². The maximum Gasteiger partial charge on any atom is 0.231 e. The van der Waals surface area contributed by atoms with Gasteiger partial charge in [-0.25, -0.2) is 9.97 Å². The number of nitrogen functional groups attached to an aromatic ring is 1. The number of rotatable bonds is 4. The Morgan fingerprint density at radius 1 is 1.04 bits per heavy atom. The Hall–Kier alpha value is -3.48. The predicted octanol–water partition coefficient (Wildman–Crippen LogP) is 2.96. The predicted molar refractivity (Wildman–Crippen MR) is 108 cm³/mol. The van der Waals surface area contributed by atoms with E-state index in [1.54, 1.807) is 6.33 Å². The average Bonchev–Trinajstić information content (AvgIpc) is 3.20. The summed E-state index contributed by atoms with van der Waals surface area (Å²) in [7, 11) is 0. The fourth-order valence-electron chi connectivity index (χ4n) is 3.69. The van der Waals surface area contributed by atoms with Crippen molar-refractivity contribution in [3.63, 3.8) is 0 Å². The number of ether oxygens (including phenoxy) is 2. The highest BCUT2D eigenvalue weighted by Crippen LogP contribution is 2.33. The molecule has 0 spiro atoms. The van der Waals surface area contributed by atoms with E-state index in [9.17, 15) is 0 Å². The standard InChI is InChI=1S/C21H21N5O2/c22-19-20(23-10-14-5-6-17-18(9-14)28-13-27-17)24-12-25-21(19)26-8-7-15-3-1-2-4-16(15)11-26/h1-6,9,12H,7-8,10-11,13,22H2,(H,23,24,25). The van der Waals surface area contributed by atoms with Gasteiger partial charge >= 0.3 is 0 Å². The van der Waals surface area contributed by atoms with Crippen molar-refractivity contribution in [2.75, 3.05) is 29.3 Å². The molecule has 142 valence electrons. The molecule has 0 unspecified atom stereocenters. The summed E-state index contributed by atoms with van der Waals surface area (Å²) in [5.41, 5.74) is 10.8. The minimum atomic E-state index is 0.271. The molecule has 0 amide bonds. The maximum atomic E-state index is 6.41. The van der Waals surface area contributed by atoms with Crippen LogP contribution in [-0.2, 0) is 19.5 Å². The molecule has 3 aromatic rings. The normalized spacial score (nSPS) is 14.6. The van der Waals surface area contributed by atoms with Crippen LogP contribution in [0, 0.1) is 0 Å². The molecule has 0 saturated carbocycles. The largest absolute Gasteiger partial charge is 0.454 e. The molecule has 0 saturated heterocycles. The molecule has 28 heavy (non-hydrogen) atoms. The first kappa shape index (κ1) is 16.7. The molecule has 2 aliphatic heterocycles. The number of anilines is 3. The van der Waals surface area contributed by atoms with E-state index in [0.29, 0.717) is 18.1 Å². The van der Waals surface area contributed by atoms with E-state index in [2.05, 4.69) is 44.5 Å². The second kappa shape index (κ2) is 6.92. The van der Waals surface area contributed by atoms with Gasteiger partial charge in [0, 0.05) is 19.6 Å². The molecule has 2 aromatic carbocycles. The Labute approximate surface area is 163 Å². The van der Waals surface area contributed by atoms with Crippen molar-refractivity contribution < 1.29 is 9.47 Å². The minimum Gasteiger partial charge on any atom is -0.454 e. The molecule has 7 heteroatoms. The molecule has 0 aliphatic carbocycles. The van der Waals surface area contributed by atoms with Gasteiger partial charge in [-0.05, 0) is 35.2 Å². The number of benzene rings is 2. The topological polar surface area (TPSA) is 85.5 Å². The average molecular weight is 375 g/mol. The van der Waals surface area contributed by atoms with Crippen molar-refractivity contribution in [1.82, 2.24) is 9.97 Å². The Morgan fingerprint density at radius 2 is 1.89 bits per heavy atom. The second-order valence-electron chi connectivity index (χ2n) is 6.94. The van der Waals surface area contributed by atoms with Crippen molar-refractivity contribution >= 4 is 17.3 Å². The Bertz CT molecular complexity index is 1020. The van der Waals surface area contributed by atoms with Gasteiger partial charge in [0.1, 0.15) is 12.0 Å². The lowest BCUT2D eigenvalue weighted by Crippen LogP contribution is -2.31. The minimum absolute atomic E-state index is 0.271. The molecule has 0 fully saturated rings. The maximum absolute atomic E-state index is 6.41. The van der Waals surface area contributed by atoms with Crippen LogP contribution in [0.2, 0.25) is 0 Å². The van der Waals surface area contributed by atoms with Crippen LogP contribution in [0.25, 0.3) is 0 Å². The van der Waals surface area contributed by atoms with Gasteiger partial charge in [0.15, 0.2) is 23.1 Å². The summed E-state index contributed by atoms with van der Waals surface area (Å²) in [6.07, 6.45) is 2.55. The van der Waals surface area contributed by atoms with E-state index >= 15 is 0 Å². The quantitative estimate of drug-likeness (QED) is 0.725. The van der Waals surface area contributed by atoms with Gasteiger partial charge in [-0.2, -0.15) is 0 Å². The summed E-state index contributed by atoms with van der Waals surface area (Å²) in [6.45, 7) is 2.55. The Morgan fingerprint density at radius 3 is 2.82 bits per heavy atom. The molecule has 3 heterocycles. The summed E-state index contributed by atoms with van der Waals surface area (Å²) >= 11 is 0. The van der Waals surface area contributed by atoms with Crippen molar-refractivity contribution in [1.29, 1.82) is 0 Å². The lowest BCUT2D eigenvalue weighted by molar-refractivity contribution is 0.174. The van der Waals surface area contributed by atoms with Crippen molar-refractivity contribution in [2.45, 2.75) is 19.5 Å². The molecule has 0 atom stereocenters. The van der Waals surface area contributed by atoms with Gasteiger partial charge < -0.3 is 25.4 Å². The van der Waals surface area contributed by atoms with Crippen LogP contribution >= 0.6 is 0 Å². The van der Waals surface area contributed by atoms with E-state index in [1.807, 2.05) is 18.2 Å². The summed E-state index contributed by atoms with van der Waals surface area (Å²) in [6, 6.07) is 14.4. The van der Waals surface area contributed by atoms with E-state index in [0.717, 1.165) is 42.4 Å². The SMILES string of the molecule is Nc1c(NCc2ccc3c(c2)OCO3)ncnc1N1CCc2ccccc2C1. The summed E-state index contributed by atoms with van der Waals surface area (Å²) in [4.78, 5) is 11.0. The van der Waals surface area contributed by atoms with Crippen LogP contribution in [0.4, 0.5) is 17.3 Å². The molecule has 7 nitrogen and oxygen atoms in total. The number of aromatic nitrogens is 2. The van der Waals surface area contributed by atoms with E-state index in [-0.39, 0.29) is 6.79 Å². The fraction of sp³-hybridized carbons (Fsp3) is 0.238. The van der Waals surface area contributed by atoms with Crippen LogP contribution < -0.4 is 25.4 Å². The second-order valence-corrected chi connectivity index (χ2v) is 6.94. The summed E-state index contributed by atoms with van der Waals surface area (Å²) in [5, 5.41) is 3.32. The number of nitrogens with zero attached hydrogens (tertiary/aromatic N) is 3. The van der Waals surface area contributed by atoms with E-state index in [4.69, 9.17) is 15.2 Å².